The summed E-state index contributed by atoms with van der Waals surface area (Å²) in [5, 5.41) is 3.07. The summed E-state index contributed by atoms with van der Waals surface area (Å²) < 4.78 is 41.2. The van der Waals surface area contributed by atoms with E-state index in [2.05, 4.69) is 28.9 Å². The fourth-order valence-electron chi connectivity index (χ4n) is 6.83. The molecule has 1 aromatic rings. The zero-order valence-electron chi connectivity index (χ0n) is 16.4. The number of hydrogen-bond donors (Lipinski definition) is 1. The monoisotopic (exact) mass is 396 g/mol. The van der Waals surface area contributed by atoms with Gasteiger partial charge in [0.15, 0.2) is 6.61 Å². The summed E-state index contributed by atoms with van der Waals surface area (Å²) in [6.07, 6.45) is 3.65. The van der Waals surface area contributed by atoms with Crippen molar-refractivity contribution < 1.29 is 22.7 Å². The Balaban J connectivity index is 1.37. The molecular formula is C21H27F3N2O2. The lowest BCUT2D eigenvalue weighted by atomic mass is 9.40. The van der Waals surface area contributed by atoms with E-state index >= 15 is 0 Å². The number of alkyl halides is 3. The quantitative estimate of drug-likeness (QED) is 0.789. The molecule has 4 bridgehead atoms. The van der Waals surface area contributed by atoms with Crippen molar-refractivity contribution in [1.82, 2.24) is 10.3 Å². The number of pyridine rings is 1. The standard InChI is InChI=1S/C21H27F3N2O2/c1-18-5-15-6-19(2,10-18)12-20(7-15,11-18)17(27)26-9-14-3-4-16(25-8-14)28-13-21(22,23)24/h3-4,8,15H,5-7,9-13H2,1-2H3,(H,26,27). The van der Waals surface area contributed by atoms with Crippen molar-refractivity contribution in [3.8, 4) is 5.88 Å². The zero-order chi connectivity index (χ0) is 20.2. The van der Waals surface area contributed by atoms with Gasteiger partial charge in [-0.15, -0.1) is 0 Å². The normalized spacial score (nSPS) is 36.4. The summed E-state index contributed by atoms with van der Waals surface area (Å²) in [5.74, 6) is 0.685. The molecule has 154 valence electrons. The molecule has 28 heavy (non-hydrogen) atoms. The molecule has 5 rings (SSSR count). The molecule has 1 N–H and O–H groups in total. The van der Waals surface area contributed by atoms with Crippen LogP contribution in [0, 0.1) is 22.2 Å². The first-order valence-corrected chi connectivity index (χ1v) is 9.91. The summed E-state index contributed by atoms with van der Waals surface area (Å²) >= 11 is 0. The molecule has 7 heteroatoms. The molecule has 0 aromatic carbocycles. The lowest BCUT2D eigenvalue weighted by molar-refractivity contribution is -0.170. The van der Waals surface area contributed by atoms with Gasteiger partial charge in [-0.05, 0) is 60.8 Å². The maximum atomic E-state index is 13.2. The summed E-state index contributed by atoms with van der Waals surface area (Å²) in [7, 11) is 0. The van der Waals surface area contributed by atoms with E-state index in [4.69, 9.17) is 0 Å². The van der Waals surface area contributed by atoms with E-state index in [9.17, 15) is 18.0 Å². The van der Waals surface area contributed by atoms with E-state index in [0.717, 1.165) is 24.8 Å². The van der Waals surface area contributed by atoms with Gasteiger partial charge in [0.2, 0.25) is 11.8 Å². The van der Waals surface area contributed by atoms with Crippen LogP contribution in [-0.4, -0.2) is 23.7 Å². The number of ether oxygens (including phenoxy) is 1. The van der Waals surface area contributed by atoms with Gasteiger partial charge in [0.25, 0.3) is 0 Å². The van der Waals surface area contributed by atoms with Gasteiger partial charge in [0.05, 0.1) is 5.41 Å². The molecule has 4 aliphatic rings. The third kappa shape index (κ3) is 3.85. The third-order valence-corrected chi connectivity index (χ3v) is 6.74. The molecular weight excluding hydrogens is 369 g/mol. The number of aromatic nitrogens is 1. The van der Waals surface area contributed by atoms with Crippen molar-refractivity contribution in [3.05, 3.63) is 23.9 Å². The first kappa shape index (κ1) is 19.5. The van der Waals surface area contributed by atoms with Gasteiger partial charge in [-0.1, -0.05) is 19.9 Å². The van der Waals surface area contributed by atoms with Crippen molar-refractivity contribution in [2.75, 3.05) is 6.61 Å². The van der Waals surface area contributed by atoms with E-state index < -0.39 is 12.8 Å². The number of halogens is 3. The average Bonchev–Trinajstić information content (AvgIpc) is 2.55. The number of carbonyl (C=O) groups is 1. The molecule has 0 saturated heterocycles. The number of nitrogens with zero attached hydrogens (tertiary/aromatic N) is 1. The summed E-state index contributed by atoms with van der Waals surface area (Å²) in [6.45, 7) is 3.63. The van der Waals surface area contributed by atoms with Crippen LogP contribution in [0.2, 0.25) is 0 Å². The zero-order valence-corrected chi connectivity index (χ0v) is 16.4. The SMILES string of the molecule is CC12CC3CC(C)(C1)CC(C(=O)NCc1ccc(OCC(F)(F)F)nc1)(C3)C2. The summed E-state index contributed by atoms with van der Waals surface area (Å²) in [6, 6.07) is 3.04. The van der Waals surface area contributed by atoms with Crippen LogP contribution < -0.4 is 10.1 Å². The highest BCUT2D eigenvalue weighted by atomic mass is 19.4. The van der Waals surface area contributed by atoms with Gasteiger partial charge in [0, 0.05) is 18.8 Å². The number of nitrogens with one attached hydrogen (secondary N) is 1. The molecule has 1 amide bonds. The Kier molecular flexibility index (Phi) is 4.43. The van der Waals surface area contributed by atoms with Crippen molar-refractivity contribution in [3.63, 3.8) is 0 Å². The van der Waals surface area contributed by atoms with Gasteiger partial charge in [-0.25, -0.2) is 4.98 Å². The van der Waals surface area contributed by atoms with Crippen LogP contribution in [0.1, 0.15) is 57.9 Å². The van der Waals surface area contributed by atoms with E-state index in [1.807, 2.05) is 0 Å². The van der Waals surface area contributed by atoms with E-state index in [-0.39, 0.29) is 28.0 Å². The number of hydrogen-bond acceptors (Lipinski definition) is 3. The highest BCUT2D eigenvalue weighted by molar-refractivity contribution is 5.83. The van der Waals surface area contributed by atoms with Gasteiger partial charge >= 0.3 is 6.18 Å². The maximum absolute atomic E-state index is 13.2. The average molecular weight is 396 g/mol. The maximum Gasteiger partial charge on any atom is 0.422 e. The van der Waals surface area contributed by atoms with Crippen molar-refractivity contribution >= 4 is 5.91 Å². The second-order valence-electron chi connectivity index (χ2n) is 10.0. The molecule has 0 radical (unpaired) electrons. The van der Waals surface area contributed by atoms with Crippen LogP contribution in [0.3, 0.4) is 0 Å². The van der Waals surface area contributed by atoms with Gasteiger partial charge in [-0.3, -0.25) is 4.79 Å². The number of rotatable bonds is 5. The van der Waals surface area contributed by atoms with E-state index in [0.29, 0.717) is 12.5 Å². The molecule has 4 saturated carbocycles. The van der Waals surface area contributed by atoms with E-state index in [1.165, 1.54) is 31.5 Å². The fraction of sp³-hybridized carbons (Fsp3) is 0.714. The Morgan fingerprint density at radius 2 is 1.86 bits per heavy atom. The van der Waals surface area contributed by atoms with Gasteiger partial charge in [0.1, 0.15) is 0 Å². The molecule has 4 aliphatic carbocycles. The van der Waals surface area contributed by atoms with Crippen LogP contribution in [-0.2, 0) is 11.3 Å². The summed E-state index contributed by atoms with van der Waals surface area (Å²) in [4.78, 5) is 17.1. The second kappa shape index (κ2) is 6.36. The van der Waals surface area contributed by atoms with Crippen molar-refractivity contribution in [2.45, 2.75) is 65.1 Å². The van der Waals surface area contributed by atoms with Crippen LogP contribution in [0.25, 0.3) is 0 Å². The molecule has 0 aliphatic heterocycles. The minimum absolute atomic E-state index is 0.0747. The predicted octanol–water partition coefficient (Wildman–Crippen LogP) is 4.64. The van der Waals surface area contributed by atoms with E-state index in [1.54, 1.807) is 6.07 Å². The Bertz CT molecular complexity index is 744. The molecule has 0 spiro atoms. The fourth-order valence-corrected chi connectivity index (χ4v) is 6.83. The highest BCUT2D eigenvalue weighted by Crippen LogP contribution is 2.69. The largest absolute Gasteiger partial charge is 0.468 e. The minimum Gasteiger partial charge on any atom is -0.468 e. The molecule has 2 atom stereocenters. The van der Waals surface area contributed by atoms with Crippen LogP contribution in [0.5, 0.6) is 5.88 Å². The number of carbonyl (C=O) groups excluding carboxylic acids is 1. The molecule has 2 unspecified atom stereocenters. The highest BCUT2D eigenvalue weighted by Gasteiger charge is 2.62. The Hall–Kier alpha value is -1.79. The van der Waals surface area contributed by atoms with Crippen LogP contribution in [0.4, 0.5) is 13.2 Å². The second-order valence-corrected chi connectivity index (χ2v) is 10.0. The first-order valence-electron chi connectivity index (χ1n) is 9.91. The molecule has 4 nitrogen and oxygen atoms in total. The van der Waals surface area contributed by atoms with Crippen molar-refractivity contribution in [1.29, 1.82) is 0 Å². The predicted molar refractivity (Wildman–Crippen MR) is 97.5 cm³/mol. The molecule has 1 aromatic heterocycles. The van der Waals surface area contributed by atoms with Gasteiger partial charge in [-0.2, -0.15) is 13.2 Å². The lowest BCUT2D eigenvalue weighted by Gasteiger charge is -2.64. The Labute approximate surface area is 163 Å². The van der Waals surface area contributed by atoms with Crippen LogP contribution in [0.15, 0.2) is 18.3 Å². The smallest absolute Gasteiger partial charge is 0.422 e. The first-order chi connectivity index (χ1) is 13.0. The number of amides is 1. The third-order valence-electron chi connectivity index (χ3n) is 6.74. The minimum atomic E-state index is -4.39. The summed E-state index contributed by atoms with van der Waals surface area (Å²) in [5.41, 5.74) is 1.01. The lowest BCUT2D eigenvalue weighted by Crippen LogP contribution is -2.59. The van der Waals surface area contributed by atoms with Gasteiger partial charge < -0.3 is 10.1 Å². The molecule has 1 heterocycles. The Morgan fingerprint density at radius 3 is 2.39 bits per heavy atom. The van der Waals surface area contributed by atoms with Crippen LogP contribution >= 0.6 is 0 Å². The van der Waals surface area contributed by atoms with Crippen molar-refractivity contribution in [2.24, 2.45) is 22.2 Å². The molecule has 4 fully saturated rings. The topological polar surface area (TPSA) is 51.2 Å². The Morgan fingerprint density at radius 1 is 1.18 bits per heavy atom.